The van der Waals surface area contributed by atoms with Crippen LogP contribution < -0.4 is 0 Å². The van der Waals surface area contributed by atoms with E-state index < -0.39 is 0 Å². The van der Waals surface area contributed by atoms with E-state index in [-0.39, 0.29) is 0 Å². The molecule has 1 N–H and O–H groups in total. The summed E-state index contributed by atoms with van der Waals surface area (Å²) >= 11 is 0. The number of phenols is 1. The van der Waals surface area contributed by atoms with E-state index in [9.17, 15) is 5.11 Å². The summed E-state index contributed by atoms with van der Waals surface area (Å²) in [5.74, 6) is 0.293. The maximum absolute atomic E-state index is 9.56. The molecule has 0 aliphatic carbocycles. The van der Waals surface area contributed by atoms with Crippen molar-refractivity contribution in [2.75, 3.05) is 0 Å². The first-order valence-electron chi connectivity index (χ1n) is 9.78. The Morgan fingerprint density at radius 2 is 1.18 bits per heavy atom. The molecule has 2 nitrogen and oxygen atoms in total. The van der Waals surface area contributed by atoms with Crippen LogP contribution in [0.2, 0.25) is 0 Å². The van der Waals surface area contributed by atoms with Crippen LogP contribution in [0.15, 0.2) is 84.9 Å². The van der Waals surface area contributed by atoms with Gasteiger partial charge in [-0.2, -0.15) is 0 Å². The molecule has 28 heavy (non-hydrogen) atoms. The second-order valence-corrected chi connectivity index (χ2v) is 7.24. The standard InChI is InChI=1S/C26H25NO/c1-3-20-5-9-22(10-6-20)23-11-7-21(8-12-23)18-27-19(2)4-17-26(27)24-13-15-25(28)16-14-24/h4-17,28H,3,18H2,1-2H3. The highest BCUT2D eigenvalue weighted by Gasteiger charge is 2.09. The van der Waals surface area contributed by atoms with Crippen LogP contribution in [-0.2, 0) is 13.0 Å². The topological polar surface area (TPSA) is 25.2 Å². The third-order valence-electron chi connectivity index (χ3n) is 5.35. The monoisotopic (exact) mass is 367 g/mol. The van der Waals surface area contributed by atoms with Gasteiger partial charge >= 0.3 is 0 Å². The summed E-state index contributed by atoms with van der Waals surface area (Å²) in [5, 5.41) is 9.56. The Bertz CT molecular complexity index is 1060. The van der Waals surface area contributed by atoms with Crippen LogP contribution in [0.4, 0.5) is 0 Å². The first-order chi connectivity index (χ1) is 13.6. The Balaban J connectivity index is 1.58. The minimum absolute atomic E-state index is 0.293. The van der Waals surface area contributed by atoms with Crippen molar-refractivity contribution in [3.8, 4) is 28.1 Å². The van der Waals surface area contributed by atoms with Gasteiger partial charge in [-0.25, -0.2) is 0 Å². The Kier molecular flexibility index (Phi) is 5.03. The molecular weight excluding hydrogens is 342 g/mol. The molecule has 0 bridgehead atoms. The Morgan fingerprint density at radius 1 is 0.643 bits per heavy atom. The van der Waals surface area contributed by atoms with Gasteiger partial charge in [0, 0.05) is 17.9 Å². The molecule has 1 heterocycles. The van der Waals surface area contributed by atoms with Crippen LogP contribution >= 0.6 is 0 Å². The normalized spacial score (nSPS) is 10.9. The van der Waals surface area contributed by atoms with Crippen molar-refractivity contribution in [2.45, 2.75) is 26.8 Å². The summed E-state index contributed by atoms with van der Waals surface area (Å²) in [4.78, 5) is 0. The summed E-state index contributed by atoms with van der Waals surface area (Å²) in [6.45, 7) is 5.14. The highest BCUT2D eigenvalue weighted by Crippen LogP contribution is 2.26. The molecule has 1 aromatic heterocycles. The maximum Gasteiger partial charge on any atom is 0.115 e. The average molecular weight is 367 g/mol. The highest BCUT2D eigenvalue weighted by molar-refractivity contribution is 5.64. The molecule has 0 radical (unpaired) electrons. The number of rotatable bonds is 5. The molecule has 0 fully saturated rings. The van der Waals surface area contributed by atoms with Crippen molar-refractivity contribution in [1.82, 2.24) is 4.57 Å². The van der Waals surface area contributed by atoms with Crippen molar-refractivity contribution in [3.63, 3.8) is 0 Å². The van der Waals surface area contributed by atoms with Crippen LogP contribution in [-0.4, -0.2) is 9.67 Å². The Hall–Kier alpha value is -3.26. The zero-order chi connectivity index (χ0) is 19.5. The number of hydrogen-bond donors (Lipinski definition) is 1. The fraction of sp³-hybridized carbons (Fsp3) is 0.154. The molecule has 0 spiro atoms. The minimum atomic E-state index is 0.293. The van der Waals surface area contributed by atoms with E-state index in [4.69, 9.17) is 0 Å². The van der Waals surface area contributed by atoms with Gasteiger partial charge in [0.25, 0.3) is 0 Å². The fourth-order valence-electron chi connectivity index (χ4n) is 3.58. The van der Waals surface area contributed by atoms with E-state index in [0.29, 0.717) is 5.75 Å². The lowest BCUT2D eigenvalue weighted by Crippen LogP contribution is -2.03. The van der Waals surface area contributed by atoms with Gasteiger partial charge in [0.2, 0.25) is 0 Å². The van der Waals surface area contributed by atoms with Gasteiger partial charge in [-0.3, -0.25) is 0 Å². The van der Waals surface area contributed by atoms with Crippen molar-refractivity contribution in [2.24, 2.45) is 0 Å². The lowest BCUT2D eigenvalue weighted by molar-refractivity contribution is 0.475. The van der Waals surface area contributed by atoms with E-state index in [1.54, 1.807) is 12.1 Å². The number of benzene rings is 3. The Labute approximate surface area is 166 Å². The predicted octanol–water partition coefficient (Wildman–Crippen LogP) is 6.45. The van der Waals surface area contributed by atoms with Crippen LogP contribution in [0.5, 0.6) is 5.75 Å². The fourth-order valence-corrected chi connectivity index (χ4v) is 3.58. The predicted molar refractivity (Wildman–Crippen MR) is 117 cm³/mol. The van der Waals surface area contributed by atoms with E-state index in [2.05, 4.69) is 79.1 Å². The van der Waals surface area contributed by atoms with Gasteiger partial charge in [-0.1, -0.05) is 55.5 Å². The second-order valence-electron chi connectivity index (χ2n) is 7.24. The number of aromatic hydroxyl groups is 1. The smallest absolute Gasteiger partial charge is 0.115 e. The molecule has 0 saturated carbocycles. The SMILES string of the molecule is CCc1ccc(-c2ccc(Cn3c(C)ccc3-c3ccc(O)cc3)cc2)cc1. The van der Waals surface area contributed by atoms with E-state index in [0.717, 1.165) is 24.2 Å². The van der Waals surface area contributed by atoms with Gasteiger partial charge in [0.1, 0.15) is 5.75 Å². The molecule has 4 aromatic rings. The summed E-state index contributed by atoms with van der Waals surface area (Å²) in [5.41, 5.74) is 8.64. The summed E-state index contributed by atoms with van der Waals surface area (Å²) in [6, 6.07) is 29.3. The second kappa shape index (κ2) is 7.77. The lowest BCUT2D eigenvalue weighted by Gasteiger charge is -2.13. The maximum atomic E-state index is 9.56. The molecule has 4 rings (SSSR count). The minimum Gasteiger partial charge on any atom is -0.508 e. The average Bonchev–Trinajstić information content (AvgIpc) is 3.09. The largest absolute Gasteiger partial charge is 0.508 e. The zero-order valence-corrected chi connectivity index (χ0v) is 16.4. The van der Waals surface area contributed by atoms with Gasteiger partial charge in [0.05, 0.1) is 0 Å². The van der Waals surface area contributed by atoms with E-state index in [1.165, 1.54) is 27.9 Å². The van der Waals surface area contributed by atoms with E-state index in [1.807, 2.05) is 12.1 Å². The molecule has 0 aliphatic rings. The van der Waals surface area contributed by atoms with Crippen molar-refractivity contribution >= 4 is 0 Å². The molecule has 0 unspecified atom stereocenters. The molecule has 0 saturated heterocycles. The molecular formula is C26H25NO. The molecule has 140 valence electrons. The van der Waals surface area contributed by atoms with E-state index >= 15 is 0 Å². The molecule has 0 aliphatic heterocycles. The van der Waals surface area contributed by atoms with Crippen molar-refractivity contribution in [1.29, 1.82) is 0 Å². The molecule has 2 heteroatoms. The first-order valence-corrected chi connectivity index (χ1v) is 9.78. The summed E-state index contributed by atoms with van der Waals surface area (Å²) in [7, 11) is 0. The molecule has 3 aromatic carbocycles. The van der Waals surface area contributed by atoms with Gasteiger partial charge in [-0.15, -0.1) is 0 Å². The lowest BCUT2D eigenvalue weighted by atomic mass is 10.0. The first kappa shape index (κ1) is 18.1. The highest BCUT2D eigenvalue weighted by atomic mass is 16.3. The van der Waals surface area contributed by atoms with Crippen LogP contribution in [0.3, 0.4) is 0 Å². The Morgan fingerprint density at radius 3 is 1.75 bits per heavy atom. The summed E-state index contributed by atoms with van der Waals surface area (Å²) < 4.78 is 2.32. The van der Waals surface area contributed by atoms with Crippen molar-refractivity contribution in [3.05, 3.63) is 102 Å². The zero-order valence-electron chi connectivity index (χ0n) is 16.4. The number of aryl methyl sites for hydroxylation is 2. The molecule has 0 amide bonds. The van der Waals surface area contributed by atoms with Gasteiger partial charge < -0.3 is 9.67 Å². The number of nitrogens with zero attached hydrogens (tertiary/aromatic N) is 1. The van der Waals surface area contributed by atoms with Crippen molar-refractivity contribution < 1.29 is 5.11 Å². The van der Waals surface area contributed by atoms with Crippen LogP contribution in [0.1, 0.15) is 23.7 Å². The third-order valence-corrected chi connectivity index (χ3v) is 5.35. The van der Waals surface area contributed by atoms with Crippen LogP contribution in [0.25, 0.3) is 22.4 Å². The number of hydrogen-bond acceptors (Lipinski definition) is 1. The van der Waals surface area contributed by atoms with Gasteiger partial charge in [0.15, 0.2) is 0 Å². The number of aromatic nitrogens is 1. The van der Waals surface area contributed by atoms with Crippen LogP contribution in [0, 0.1) is 6.92 Å². The quantitative estimate of drug-likeness (QED) is 0.431. The van der Waals surface area contributed by atoms with Gasteiger partial charge in [-0.05, 0) is 77.6 Å². The summed E-state index contributed by atoms with van der Waals surface area (Å²) in [6.07, 6.45) is 1.07. The third kappa shape index (κ3) is 3.72. The number of phenolic OH excluding ortho intramolecular Hbond substituents is 1. The molecule has 0 atom stereocenters.